The van der Waals surface area contributed by atoms with E-state index >= 15 is 0 Å². The molecule has 126 valence electrons. The number of nitrogens with zero attached hydrogens (tertiary/aromatic N) is 5. The van der Waals surface area contributed by atoms with Crippen LogP contribution in [0.4, 0.5) is 5.69 Å². The minimum absolute atomic E-state index is 0.114. The van der Waals surface area contributed by atoms with Crippen molar-refractivity contribution in [1.82, 2.24) is 14.6 Å². The normalized spacial score (nSPS) is 11.9. The van der Waals surface area contributed by atoms with Gasteiger partial charge in [0, 0.05) is 31.5 Å². The van der Waals surface area contributed by atoms with Gasteiger partial charge in [0.2, 0.25) is 5.91 Å². The molecule has 0 spiro atoms. The number of ether oxygens (including phenoxy) is 1. The van der Waals surface area contributed by atoms with Crippen LogP contribution in [0.3, 0.4) is 0 Å². The molecule has 0 N–H and O–H groups in total. The second-order valence-electron chi connectivity index (χ2n) is 5.51. The Balaban J connectivity index is 2.13. The third-order valence-electron chi connectivity index (χ3n) is 3.99. The van der Waals surface area contributed by atoms with Gasteiger partial charge in [-0.3, -0.25) is 9.69 Å². The van der Waals surface area contributed by atoms with Gasteiger partial charge in [0.05, 0.1) is 11.9 Å². The highest BCUT2D eigenvalue weighted by molar-refractivity contribution is 5.92. The van der Waals surface area contributed by atoms with Crippen LogP contribution in [0.2, 0.25) is 0 Å². The van der Waals surface area contributed by atoms with E-state index in [1.807, 2.05) is 37.3 Å². The quantitative estimate of drug-likeness (QED) is 0.684. The van der Waals surface area contributed by atoms with E-state index in [1.54, 1.807) is 22.7 Å². The minimum Gasteiger partial charge on any atom is -0.361 e. The standard InChI is InChI=1S/C18H17N5O2/c1-12(24)22(13(2)25-3)16-6-4-5-14(9-16)17-7-8-20-18-15(10-19)11-21-23(17)18/h4-9,11,13H,1-3H3. The molecule has 1 atom stereocenters. The van der Waals surface area contributed by atoms with Gasteiger partial charge >= 0.3 is 0 Å². The number of rotatable bonds is 4. The molecule has 0 radical (unpaired) electrons. The molecule has 3 rings (SSSR count). The smallest absolute Gasteiger partial charge is 0.225 e. The molecule has 2 aromatic heterocycles. The van der Waals surface area contributed by atoms with E-state index in [0.29, 0.717) is 11.2 Å². The molecule has 0 aliphatic heterocycles. The lowest BCUT2D eigenvalue weighted by Crippen LogP contribution is -2.38. The molecule has 1 aromatic carbocycles. The zero-order valence-corrected chi connectivity index (χ0v) is 14.2. The van der Waals surface area contributed by atoms with Crippen molar-refractivity contribution in [2.45, 2.75) is 20.1 Å². The van der Waals surface area contributed by atoms with Gasteiger partial charge in [0.1, 0.15) is 17.9 Å². The summed E-state index contributed by atoms with van der Waals surface area (Å²) in [5.41, 5.74) is 3.27. The fourth-order valence-corrected chi connectivity index (χ4v) is 2.76. The van der Waals surface area contributed by atoms with Crippen LogP contribution in [0.15, 0.2) is 42.7 Å². The lowest BCUT2D eigenvalue weighted by atomic mass is 10.1. The van der Waals surface area contributed by atoms with E-state index in [1.165, 1.54) is 13.1 Å². The first kappa shape index (κ1) is 16.6. The minimum atomic E-state index is -0.389. The number of amides is 1. The Labute approximate surface area is 145 Å². The van der Waals surface area contributed by atoms with Gasteiger partial charge in [-0.2, -0.15) is 10.4 Å². The SMILES string of the molecule is COC(C)N(C(C)=O)c1cccc(-c2ccnc3c(C#N)cnn23)c1. The number of carbonyl (C=O) groups excluding carboxylic acids is 1. The number of aromatic nitrogens is 3. The molecule has 3 aromatic rings. The van der Waals surface area contributed by atoms with Gasteiger partial charge in [-0.25, -0.2) is 9.50 Å². The molecular formula is C18H17N5O2. The Bertz CT molecular complexity index is 973. The largest absolute Gasteiger partial charge is 0.361 e. The average molecular weight is 335 g/mol. The van der Waals surface area contributed by atoms with E-state index in [-0.39, 0.29) is 12.1 Å². The Morgan fingerprint density at radius 3 is 2.88 bits per heavy atom. The summed E-state index contributed by atoms with van der Waals surface area (Å²) in [6.07, 6.45) is 2.74. The highest BCUT2D eigenvalue weighted by Crippen LogP contribution is 2.26. The lowest BCUT2D eigenvalue weighted by molar-refractivity contribution is -0.118. The second-order valence-corrected chi connectivity index (χ2v) is 5.51. The van der Waals surface area contributed by atoms with Crippen LogP contribution in [0.25, 0.3) is 16.9 Å². The van der Waals surface area contributed by atoms with Crippen molar-refractivity contribution < 1.29 is 9.53 Å². The van der Waals surface area contributed by atoms with Gasteiger partial charge in [-0.1, -0.05) is 12.1 Å². The number of fused-ring (bicyclic) bond motifs is 1. The average Bonchev–Trinajstić information content (AvgIpc) is 3.04. The fourth-order valence-electron chi connectivity index (χ4n) is 2.76. The Morgan fingerprint density at radius 2 is 2.20 bits per heavy atom. The van der Waals surface area contributed by atoms with Crippen molar-refractivity contribution in [3.8, 4) is 17.3 Å². The molecule has 0 aliphatic rings. The first-order valence-electron chi connectivity index (χ1n) is 7.72. The number of methoxy groups -OCH3 is 1. The summed E-state index contributed by atoms with van der Waals surface area (Å²) in [5, 5.41) is 13.4. The summed E-state index contributed by atoms with van der Waals surface area (Å²) in [4.78, 5) is 17.8. The number of nitriles is 1. The van der Waals surface area contributed by atoms with Crippen molar-refractivity contribution in [1.29, 1.82) is 5.26 Å². The monoisotopic (exact) mass is 335 g/mol. The summed E-state index contributed by atoms with van der Waals surface area (Å²) in [5.74, 6) is -0.114. The lowest BCUT2D eigenvalue weighted by Gasteiger charge is -2.27. The van der Waals surface area contributed by atoms with E-state index in [9.17, 15) is 4.79 Å². The zero-order chi connectivity index (χ0) is 18.0. The van der Waals surface area contributed by atoms with Crippen LogP contribution in [-0.4, -0.2) is 33.8 Å². The first-order chi connectivity index (χ1) is 12.1. The number of benzene rings is 1. The molecule has 25 heavy (non-hydrogen) atoms. The number of hydrogen-bond donors (Lipinski definition) is 0. The van der Waals surface area contributed by atoms with Crippen LogP contribution in [-0.2, 0) is 9.53 Å². The van der Waals surface area contributed by atoms with E-state index in [2.05, 4.69) is 16.2 Å². The van der Waals surface area contributed by atoms with Gasteiger partial charge < -0.3 is 4.74 Å². The van der Waals surface area contributed by atoms with Crippen LogP contribution in [0.5, 0.6) is 0 Å². The number of hydrogen-bond acceptors (Lipinski definition) is 5. The molecule has 1 amide bonds. The van der Waals surface area contributed by atoms with Crippen molar-refractivity contribution in [2.75, 3.05) is 12.0 Å². The maximum atomic E-state index is 12.0. The molecule has 0 aliphatic carbocycles. The summed E-state index contributed by atoms with van der Waals surface area (Å²) in [7, 11) is 1.56. The first-order valence-corrected chi connectivity index (χ1v) is 7.72. The third kappa shape index (κ3) is 2.95. The van der Waals surface area contributed by atoms with Gasteiger partial charge in [0.15, 0.2) is 5.65 Å². The molecule has 0 fully saturated rings. The Hall–Kier alpha value is -3.24. The second kappa shape index (κ2) is 6.71. The van der Waals surface area contributed by atoms with E-state index in [4.69, 9.17) is 10.00 Å². The molecule has 7 nitrogen and oxygen atoms in total. The Morgan fingerprint density at radius 1 is 1.40 bits per heavy atom. The van der Waals surface area contributed by atoms with Gasteiger partial charge in [-0.15, -0.1) is 0 Å². The summed E-state index contributed by atoms with van der Waals surface area (Å²) in [6, 6.07) is 11.4. The predicted molar refractivity (Wildman–Crippen MR) is 92.8 cm³/mol. The molecule has 1 unspecified atom stereocenters. The van der Waals surface area contributed by atoms with Crippen molar-refractivity contribution >= 4 is 17.2 Å². The van der Waals surface area contributed by atoms with Gasteiger partial charge in [0.25, 0.3) is 0 Å². The molecular weight excluding hydrogens is 318 g/mol. The van der Waals surface area contributed by atoms with Gasteiger partial charge in [-0.05, 0) is 25.1 Å². The van der Waals surface area contributed by atoms with Crippen molar-refractivity contribution in [3.63, 3.8) is 0 Å². The van der Waals surface area contributed by atoms with Crippen molar-refractivity contribution in [2.24, 2.45) is 0 Å². The zero-order valence-electron chi connectivity index (χ0n) is 14.2. The molecule has 7 heteroatoms. The molecule has 0 saturated carbocycles. The third-order valence-corrected chi connectivity index (χ3v) is 3.99. The van der Waals surface area contributed by atoms with Crippen LogP contribution in [0, 0.1) is 11.3 Å². The Kier molecular flexibility index (Phi) is 4.46. The van der Waals surface area contributed by atoms with Crippen LogP contribution >= 0.6 is 0 Å². The predicted octanol–water partition coefficient (Wildman–Crippen LogP) is 2.61. The maximum absolute atomic E-state index is 12.0. The summed E-state index contributed by atoms with van der Waals surface area (Å²) in [6.45, 7) is 3.31. The summed E-state index contributed by atoms with van der Waals surface area (Å²) >= 11 is 0. The highest BCUT2D eigenvalue weighted by Gasteiger charge is 2.19. The van der Waals surface area contributed by atoms with E-state index in [0.717, 1.165) is 16.9 Å². The topological polar surface area (TPSA) is 83.5 Å². The highest BCUT2D eigenvalue weighted by atomic mass is 16.5. The van der Waals surface area contributed by atoms with Crippen molar-refractivity contribution in [3.05, 3.63) is 48.3 Å². The van der Waals surface area contributed by atoms with E-state index < -0.39 is 0 Å². The summed E-state index contributed by atoms with van der Waals surface area (Å²) < 4.78 is 6.92. The molecule has 2 heterocycles. The number of carbonyl (C=O) groups is 1. The maximum Gasteiger partial charge on any atom is 0.225 e. The molecule has 0 bridgehead atoms. The van der Waals surface area contributed by atoms with Crippen LogP contribution < -0.4 is 4.90 Å². The number of anilines is 1. The van der Waals surface area contributed by atoms with Crippen LogP contribution in [0.1, 0.15) is 19.4 Å². The fraction of sp³-hybridized carbons (Fsp3) is 0.222. The molecule has 0 saturated heterocycles.